The third kappa shape index (κ3) is 53100. The van der Waals surface area contributed by atoms with Crippen molar-refractivity contribution in [2.24, 2.45) is 0 Å². The van der Waals surface area contributed by atoms with Crippen LogP contribution in [0.15, 0.2) is 0 Å². The van der Waals surface area contributed by atoms with Crippen LogP contribution in [0.5, 0.6) is 0 Å². The fourth-order valence-electron chi connectivity index (χ4n) is 0. The Labute approximate surface area is 52.3 Å². The smallest absolute Gasteiger partial charge is 0.402 e. The summed E-state index contributed by atoms with van der Waals surface area (Å²) in [5.41, 5.74) is 0. The maximum Gasteiger partial charge on any atom is 0.631 e. The lowest BCUT2D eigenvalue weighted by atomic mass is 10.3. The Kier molecular flexibility index (Phi) is 6.45. The molecule has 56 valence electrons. The van der Waals surface area contributed by atoms with Gasteiger partial charge in [0.1, 0.15) is 0 Å². The lowest BCUT2D eigenvalue weighted by Crippen LogP contribution is -2.58. The van der Waals surface area contributed by atoms with Crippen LogP contribution in [0.25, 0.3) is 0 Å². The topological polar surface area (TPSA) is 150 Å². The van der Waals surface area contributed by atoms with E-state index in [4.69, 9.17) is 33.7 Å². The van der Waals surface area contributed by atoms with E-state index in [0.717, 1.165) is 0 Å². The molecule has 0 fully saturated rings. The van der Waals surface area contributed by atoms with E-state index < -0.39 is 17.6 Å². The summed E-state index contributed by atoms with van der Waals surface area (Å²) < 4.78 is 32.7. The molecule has 0 bridgehead atoms. The molecular weight excluding hydrogens is 158 g/mol. The zero-order chi connectivity index (χ0) is 8.08. The van der Waals surface area contributed by atoms with Crippen LogP contribution in [0.1, 0.15) is 0 Å². The van der Waals surface area contributed by atoms with Gasteiger partial charge in [0.25, 0.3) is 0 Å². The standard InChI is InChI=1S/BH3O3.ClHO4/c2-1(3)4;2-1(3,4)5/h2-4H;(H,2,3,4,5). The van der Waals surface area contributed by atoms with Gasteiger partial charge in [-0.2, -0.15) is 14.0 Å². The first kappa shape index (κ1) is 11.8. The summed E-state index contributed by atoms with van der Waals surface area (Å²) in [6.45, 7) is 0. The first-order valence-electron chi connectivity index (χ1n) is 1.41. The molecule has 0 amide bonds. The molecule has 0 saturated carbocycles. The molecule has 9 heavy (non-hydrogen) atoms. The van der Waals surface area contributed by atoms with E-state index in [1.165, 1.54) is 0 Å². The van der Waals surface area contributed by atoms with Crippen molar-refractivity contribution in [1.82, 2.24) is 0 Å². The van der Waals surface area contributed by atoms with Crippen LogP contribution in [0.3, 0.4) is 0 Å². The quantitative estimate of drug-likeness (QED) is 0.259. The largest absolute Gasteiger partial charge is 0.631 e. The zero-order valence-corrected chi connectivity index (χ0v) is 4.72. The van der Waals surface area contributed by atoms with Gasteiger partial charge < -0.3 is 15.1 Å². The molecule has 0 aromatic rings. The lowest BCUT2D eigenvalue weighted by Gasteiger charge is -2.03. The van der Waals surface area contributed by atoms with E-state index in [1.54, 1.807) is 0 Å². The minimum atomic E-state index is -4.69. The average Bonchev–Trinajstić information content (AvgIpc) is 1.19. The van der Waals surface area contributed by atoms with Gasteiger partial charge in [0.05, 0.1) is 14.9 Å². The maximum absolute atomic E-state index is 8.60. The van der Waals surface area contributed by atoms with Crippen molar-refractivity contribution in [2.75, 3.05) is 0 Å². The summed E-state index contributed by atoms with van der Waals surface area (Å²) in [7, 11) is -6.86. The minimum absolute atomic E-state index is 2.17. The maximum atomic E-state index is 8.60. The molecule has 0 saturated heterocycles. The summed E-state index contributed by atoms with van der Waals surface area (Å²) in [6, 6.07) is 0. The molecule has 0 radical (unpaired) electrons. The molecule has 0 aromatic heterocycles. The van der Waals surface area contributed by atoms with Gasteiger partial charge in [0.15, 0.2) is 0 Å². The molecule has 9 heteroatoms. The van der Waals surface area contributed by atoms with E-state index in [-0.39, 0.29) is 0 Å². The van der Waals surface area contributed by atoms with Crippen LogP contribution in [-0.4, -0.2) is 27.1 Å². The van der Waals surface area contributed by atoms with Gasteiger partial charge in [-0.15, -0.1) is 0 Å². The average molecular weight is 162 g/mol. The SMILES string of the molecule is OB(O)O.[O-][Cl+3]([O-])([O-])O. The monoisotopic (exact) mass is 162 g/mol. The molecule has 0 unspecified atom stereocenters. The van der Waals surface area contributed by atoms with E-state index in [1.807, 2.05) is 0 Å². The second kappa shape index (κ2) is 4.91. The summed E-state index contributed by atoms with van der Waals surface area (Å²) in [4.78, 5) is 0. The second-order valence-electron chi connectivity index (χ2n) is 0.742. The van der Waals surface area contributed by atoms with Gasteiger partial charge in [0, 0.05) is 0 Å². The van der Waals surface area contributed by atoms with E-state index >= 15 is 0 Å². The van der Waals surface area contributed by atoms with Crippen LogP contribution in [0.2, 0.25) is 0 Å². The molecule has 0 heterocycles. The Hall–Kier alpha value is 0.0749. The summed E-state index contributed by atoms with van der Waals surface area (Å²) in [6.07, 6.45) is 0. The fourth-order valence-corrected chi connectivity index (χ4v) is 0. The van der Waals surface area contributed by atoms with E-state index in [0.29, 0.717) is 0 Å². The number of rotatable bonds is 0. The highest BCUT2D eigenvalue weighted by molar-refractivity contribution is 6.30. The van der Waals surface area contributed by atoms with E-state index in [9.17, 15) is 0 Å². The molecule has 0 aliphatic rings. The Balaban J connectivity index is 0. The number of hydrogen-bond donors (Lipinski definition) is 4. The van der Waals surface area contributed by atoms with Crippen LogP contribution in [0.4, 0.5) is 0 Å². The van der Waals surface area contributed by atoms with Crippen LogP contribution < -0.4 is 14.0 Å². The van der Waals surface area contributed by atoms with Gasteiger partial charge in [-0.3, -0.25) is 0 Å². The van der Waals surface area contributed by atoms with Gasteiger partial charge in [-0.25, -0.2) is 0 Å². The Morgan fingerprint density at radius 2 is 1.00 bits per heavy atom. The Morgan fingerprint density at radius 3 is 1.00 bits per heavy atom. The van der Waals surface area contributed by atoms with Gasteiger partial charge in [0.2, 0.25) is 0 Å². The first-order valence-corrected chi connectivity index (χ1v) is 2.67. The Bertz CT molecular complexity index is 45.7. The normalized spacial score (nSPS) is 9.67. The number of halogens is 1. The molecule has 0 aliphatic heterocycles. The highest BCUT2D eigenvalue weighted by Gasteiger charge is 1.98. The van der Waals surface area contributed by atoms with Crippen molar-refractivity contribution in [3.63, 3.8) is 0 Å². The highest BCUT2D eigenvalue weighted by atomic mass is 35.7. The van der Waals surface area contributed by atoms with Crippen molar-refractivity contribution in [1.29, 1.82) is 0 Å². The Morgan fingerprint density at radius 1 is 1.00 bits per heavy atom. The molecule has 0 aliphatic carbocycles. The van der Waals surface area contributed by atoms with Gasteiger partial charge >= 0.3 is 7.32 Å². The first-order chi connectivity index (χ1) is 3.73. The van der Waals surface area contributed by atoms with Crippen LogP contribution >= 0.6 is 0 Å². The van der Waals surface area contributed by atoms with Gasteiger partial charge in [-0.1, -0.05) is 0 Å². The predicted molar refractivity (Wildman–Crippen MR) is 14.6 cm³/mol. The van der Waals surface area contributed by atoms with Crippen LogP contribution in [0, 0.1) is 10.2 Å². The highest BCUT2D eigenvalue weighted by Crippen LogP contribution is 1.60. The fraction of sp³-hybridized carbons (Fsp3) is 0. The molecule has 0 atom stereocenters. The second-order valence-corrected chi connectivity index (χ2v) is 1.53. The molecule has 0 spiro atoms. The third-order valence-electron chi connectivity index (χ3n) is 0. The summed E-state index contributed by atoms with van der Waals surface area (Å²) in [5, 5.41) is 21.5. The molecule has 0 aromatic carbocycles. The van der Waals surface area contributed by atoms with E-state index in [2.05, 4.69) is 0 Å². The molecule has 7 nitrogen and oxygen atoms in total. The molecule has 4 N–H and O–H groups in total. The molecular formula is H4BClO7. The predicted octanol–water partition coefficient (Wildman–Crippen LogP) is -6.18. The van der Waals surface area contributed by atoms with Crippen molar-refractivity contribution >= 4 is 7.32 Å². The van der Waals surface area contributed by atoms with Crippen molar-refractivity contribution < 1.29 is 44.0 Å². The minimum Gasteiger partial charge on any atom is -0.402 e. The molecule has 0 rings (SSSR count). The zero-order valence-electron chi connectivity index (χ0n) is 3.97. The van der Waals surface area contributed by atoms with Crippen molar-refractivity contribution in [3.8, 4) is 0 Å². The van der Waals surface area contributed by atoms with Crippen LogP contribution in [-0.2, 0) is 0 Å². The summed E-state index contributed by atoms with van der Waals surface area (Å²) >= 11 is 0. The van der Waals surface area contributed by atoms with Crippen molar-refractivity contribution in [2.45, 2.75) is 0 Å². The third-order valence-corrected chi connectivity index (χ3v) is 0. The van der Waals surface area contributed by atoms with Gasteiger partial charge in [-0.05, 0) is 0 Å². The van der Waals surface area contributed by atoms with Crippen molar-refractivity contribution in [3.05, 3.63) is 0 Å². The lowest BCUT2D eigenvalue weighted by molar-refractivity contribution is -1.92. The summed E-state index contributed by atoms with van der Waals surface area (Å²) in [5.74, 6) is 0. The number of hydrogen-bond acceptors (Lipinski definition) is 7.